The second-order valence-corrected chi connectivity index (χ2v) is 5.55. The Morgan fingerprint density at radius 1 is 1.32 bits per heavy atom. The van der Waals surface area contributed by atoms with E-state index >= 15 is 0 Å². The summed E-state index contributed by atoms with van der Waals surface area (Å²) < 4.78 is 0. The molecule has 0 aromatic heterocycles. The Labute approximate surface area is 115 Å². The van der Waals surface area contributed by atoms with Gasteiger partial charge in [0.1, 0.15) is 0 Å². The van der Waals surface area contributed by atoms with Gasteiger partial charge in [-0.05, 0) is 25.0 Å². The summed E-state index contributed by atoms with van der Waals surface area (Å²) in [6.07, 6.45) is 5.69. The predicted octanol–water partition coefficient (Wildman–Crippen LogP) is 3.17. The standard InChI is InChI=1S/C17H22N2/c1-13(2)14-5-3-7-16-15(14)6-4-8-17(16)19-11-9-18-10-12-19/h3-4,6-8,14,18H,1,5,9-12H2,2H3. The lowest BCUT2D eigenvalue weighted by molar-refractivity contribution is 0.588. The molecule has 3 rings (SSSR count). The van der Waals surface area contributed by atoms with Crippen molar-refractivity contribution >= 4 is 11.8 Å². The molecule has 1 heterocycles. The monoisotopic (exact) mass is 254 g/mol. The molecule has 1 aromatic rings. The molecule has 1 aliphatic heterocycles. The minimum Gasteiger partial charge on any atom is -0.368 e. The number of anilines is 1. The summed E-state index contributed by atoms with van der Waals surface area (Å²) >= 11 is 0. The molecule has 0 radical (unpaired) electrons. The number of nitrogens with one attached hydrogen (secondary N) is 1. The molecule has 1 aromatic carbocycles. The van der Waals surface area contributed by atoms with E-state index in [0.717, 1.165) is 32.6 Å². The topological polar surface area (TPSA) is 15.3 Å². The third-order valence-corrected chi connectivity index (χ3v) is 4.20. The second kappa shape index (κ2) is 5.22. The lowest BCUT2D eigenvalue weighted by Crippen LogP contribution is -2.43. The number of fused-ring (bicyclic) bond motifs is 1. The van der Waals surface area contributed by atoms with E-state index < -0.39 is 0 Å². The highest BCUT2D eigenvalue weighted by atomic mass is 15.2. The summed E-state index contributed by atoms with van der Waals surface area (Å²) in [4.78, 5) is 2.50. The van der Waals surface area contributed by atoms with Gasteiger partial charge in [-0.2, -0.15) is 0 Å². The Morgan fingerprint density at radius 3 is 2.84 bits per heavy atom. The number of rotatable bonds is 2. The molecule has 19 heavy (non-hydrogen) atoms. The molecule has 0 saturated carbocycles. The zero-order chi connectivity index (χ0) is 13.2. The number of nitrogens with zero attached hydrogens (tertiary/aromatic N) is 1. The fourth-order valence-corrected chi connectivity index (χ4v) is 3.15. The first kappa shape index (κ1) is 12.5. The van der Waals surface area contributed by atoms with Crippen LogP contribution in [0.1, 0.15) is 30.4 Å². The van der Waals surface area contributed by atoms with E-state index in [4.69, 9.17) is 0 Å². The molecule has 1 saturated heterocycles. The zero-order valence-electron chi connectivity index (χ0n) is 11.7. The molecule has 0 bridgehead atoms. The van der Waals surface area contributed by atoms with E-state index in [1.807, 2.05) is 0 Å². The maximum absolute atomic E-state index is 4.16. The van der Waals surface area contributed by atoms with Crippen molar-refractivity contribution in [3.8, 4) is 0 Å². The minimum atomic E-state index is 0.489. The van der Waals surface area contributed by atoms with Crippen molar-refractivity contribution in [2.24, 2.45) is 0 Å². The Morgan fingerprint density at radius 2 is 2.11 bits per heavy atom. The molecule has 0 spiro atoms. The molecular formula is C17H22N2. The van der Waals surface area contributed by atoms with Crippen LogP contribution in [0.3, 0.4) is 0 Å². The first-order valence-corrected chi connectivity index (χ1v) is 7.18. The Hall–Kier alpha value is -1.54. The van der Waals surface area contributed by atoms with Gasteiger partial charge in [0.25, 0.3) is 0 Å². The van der Waals surface area contributed by atoms with Crippen LogP contribution in [0.2, 0.25) is 0 Å². The quantitative estimate of drug-likeness (QED) is 0.816. The van der Waals surface area contributed by atoms with Crippen LogP contribution in [-0.4, -0.2) is 26.2 Å². The highest BCUT2D eigenvalue weighted by Gasteiger charge is 2.22. The lowest BCUT2D eigenvalue weighted by atomic mass is 9.82. The van der Waals surface area contributed by atoms with Gasteiger partial charge < -0.3 is 10.2 Å². The van der Waals surface area contributed by atoms with Crippen molar-refractivity contribution in [3.63, 3.8) is 0 Å². The molecule has 1 N–H and O–H groups in total. The van der Waals surface area contributed by atoms with E-state index in [1.165, 1.54) is 22.4 Å². The molecule has 2 aliphatic rings. The van der Waals surface area contributed by atoms with Gasteiger partial charge in [-0.3, -0.25) is 0 Å². The number of hydrogen-bond donors (Lipinski definition) is 1. The fourth-order valence-electron chi connectivity index (χ4n) is 3.15. The average Bonchev–Trinajstić information content (AvgIpc) is 2.46. The molecule has 0 amide bonds. The largest absolute Gasteiger partial charge is 0.368 e. The van der Waals surface area contributed by atoms with Gasteiger partial charge in [-0.1, -0.05) is 36.4 Å². The maximum Gasteiger partial charge on any atom is 0.0443 e. The van der Waals surface area contributed by atoms with E-state index in [9.17, 15) is 0 Å². The van der Waals surface area contributed by atoms with E-state index in [1.54, 1.807) is 0 Å². The van der Waals surface area contributed by atoms with Crippen molar-refractivity contribution in [2.75, 3.05) is 31.1 Å². The van der Waals surface area contributed by atoms with Gasteiger partial charge in [0.05, 0.1) is 0 Å². The third kappa shape index (κ3) is 2.33. The van der Waals surface area contributed by atoms with Crippen LogP contribution >= 0.6 is 0 Å². The first-order valence-electron chi connectivity index (χ1n) is 7.18. The summed E-state index contributed by atoms with van der Waals surface area (Å²) in [5.74, 6) is 0.489. The lowest BCUT2D eigenvalue weighted by Gasteiger charge is -2.33. The fraction of sp³-hybridized carbons (Fsp3) is 0.412. The van der Waals surface area contributed by atoms with Crippen molar-refractivity contribution in [1.82, 2.24) is 5.32 Å². The normalized spacial score (nSPS) is 22.2. The van der Waals surface area contributed by atoms with Crippen LogP contribution in [0.25, 0.3) is 6.08 Å². The number of piperazine rings is 1. The van der Waals surface area contributed by atoms with Gasteiger partial charge in [-0.15, -0.1) is 0 Å². The van der Waals surface area contributed by atoms with Crippen LogP contribution < -0.4 is 10.2 Å². The van der Waals surface area contributed by atoms with Gasteiger partial charge in [0.2, 0.25) is 0 Å². The van der Waals surface area contributed by atoms with Crippen molar-refractivity contribution in [1.29, 1.82) is 0 Å². The van der Waals surface area contributed by atoms with Gasteiger partial charge >= 0.3 is 0 Å². The van der Waals surface area contributed by atoms with Crippen LogP contribution in [0.5, 0.6) is 0 Å². The van der Waals surface area contributed by atoms with Crippen molar-refractivity contribution < 1.29 is 0 Å². The van der Waals surface area contributed by atoms with Crippen LogP contribution in [0.15, 0.2) is 36.4 Å². The molecule has 1 fully saturated rings. The number of hydrogen-bond acceptors (Lipinski definition) is 2. The Balaban J connectivity index is 2.01. The predicted molar refractivity (Wildman–Crippen MR) is 82.7 cm³/mol. The number of benzene rings is 1. The van der Waals surface area contributed by atoms with Gasteiger partial charge in [0.15, 0.2) is 0 Å². The van der Waals surface area contributed by atoms with Crippen molar-refractivity contribution in [3.05, 3.63) is 47.6 Å². The third-order valence-electron chi connectivity index (χ3n) is 4.20. The summed E-state index contributed by atoms with van der Waals surface area (Å²) in [6, 6.07) is 6.73. The molecule has 1 unspecified atom stereocenters. The number of allylic oxidation sites excluding steroid dienone is 2. The Bertz CT molecular complexity index is 510. The minimum absolute atomic E-state index is 0.489. The van der Waals surface area contributed by atoms with Crippen LogP contribution in [0, 0.1) is 0 Å². The van der Waals surface area contributed by atoms with E-state index in [0.29, 0.717) is 5.92 Å². The second-order valence-electron chi connectivity index (χ2n) is 5.55. The summed E-state index contributed by atoms with van der Waals surface area (Å²) in [5, 5.41) is 3.42. The molecule has 1 aliphatic carbocycles. The summed E-state index contributed by atoms with van der Waals surface area (Å²) in [6.45, 7) is 10.7. The molecular weight excluding hydrogens is 232 g/mol. The zero-order valence-corrected chi connectivity index (χ0v) is 11.7. The highest BCUT2D eigenvalue weighted by molar-refractivity contribution is 5.73. The van der Waals surface area contributed by atoms with Crippen LogP contribution in [-0.2, 0) is 0 Å². The summed E-state index contributed by atoms with van der Waals surface area (Å²) in [7, 11) is 0. The molecule has 1 atom stereocenters. The molecule has 100 valence electrons. The van der Waals surface area contributed by atoms with Gasteiger partial charge in [0, 0.05) is 43.3 Å². The van der Waals surface area contributed by atoms with Gasteiger partial charge in [-0.25, -0.2) is 0 Å². The van der Waals surface area contributed by atoms with E-state index in [-0.39, 0.29) is 0 Å². The molecule has 2 heteroatoms. The Kier molecular flexibility index (Phi) is 3.43. The molecule has 2 nitrogen and oxygen atoms in total. The van der Waals surface area contributed by atoms with Crippen LogP contribution in [0.4, 0.5) is 5.69 Å². The average molecular weight is 254 g/mol. The smallest absolute Gasteiger partial charge is 0.0443 e. The first-order chi connectivity index (χ1) is 9.27. The summed E-state index contributed by atoms with van der Waals surface area (Å²) in [5.41, 5.74) is 5.51. The highest BCUT2D eigenvalue weighted by Crippen LogP contribution is 2.38. The van der Waals surface area contributed by atoms with Crippen molar-refractivity contribution in [2.45, 2.75) is 19.3 Å². The van der Waals surface area contributed by atoms with E-state index in [2.05, 4.69) is 54.1 Å². The SMILES string of the molecule is C=C(C)C1CC=Cc2c1cccc2N1CCNCC1. The maximum atomic E-state index is 4.16.